The van der Waals surface area contributed by atoms with Gasteiger partial charge in [-0.1, -0.05) is 59.8 Å². The third kappa shape index (κ3) is 4.72. The van der Waals surface area contributed by atoms with Crippen molar-refractivity contribution >= 4 is 29.2 Å². The minimum atomic E-state index is -0.572. The lowest BCUT2D eigenvalue weighted by Crippen LogP contribution is -2.16. The molecule has 4 aromatic rings. The summed E-state index contributed by atoms with van der Waals surface area (Å²) in [4.78, 5) is 22.9. The number of nitrogens with zero attached hydrogens (tertiary/aromatic N) is 1. The van der Waals surface area contributed by atoms with Crippen LogP contribution < -0.4 is 5.32 Å². The highest BCUT2D eigenvalue weighted by Gasteiger charge is 2.15. The average molecular weight is 416 g/mol. The molecular formula is C24H20N2O5. The van der Waals surface area contributed by atoms with Gasteiger partial charge in [-0.3, -0.25) is 10.1 Å². The third-order valence-electron chi connectivity index (χ3n) is 4.87. The summed E-state index contributed by atoms with van der Waals surface area (Å²) < 4.78 is 15.6. The third-order valence-corrected chi connectivity index (χ3v) is 4.87. The fraction of sp³-hybridized carbons (Fsp3) is 0.125. The molecule has 1 amide bonds. The predicted octanol–water partition coefficient (Wildman–Crippen LogP) is 5.48. The van der Waals surface area contributed by atoms with Gasteiger partial charge in [-0.25, -0.2) is 4.79 Å². The Kier molecular flexibility index (Phi) is 5.93. The Morgan fingerprint density at radius 1 is 1.10 bits per heavy atom. The quantitative estimate of drug-likeness (QED) is 0.401. The van der Waals surface area contributed by atoms with Crippen LogP contribution in [0.1, 0.15) is 24.2 Å². The molecular weight excluding hydrogens is 396 g/mol. The van der Waals surface area contributed by atoms with Crippen LogP contribution in [0.4, 0.5) is 10.5 Å². The molecule has 7 nitrogen and oxygen atoms in total. The topological polar surface area (TPSA) is 90.7 Å². The number of rotatable bonds is 7. The van der Waals surface area contributed by atoms with Crippen molar-refractivity contribution in [1.82, 2.24) is 5.16 Å². The number of fused-ring (bicyclic) bond motifs is 1. The molecule has 1 N–H and O–H groups in total. The zero-order valence-electron chi connectivity index (χ0n) is 16.8. The molecule has 0 bridgehead atoms. The van der Waals surface area contributed by atoms with Gasteiger partial charge in [-0.15, -0.1) is 0 Å². The van der Waals surface area contributed by atoms with Crippen LogP contribution in [0, 0.1) is 0 Å². The van der Waals surface area contributed by atoms with Crippen LogP contribution in [-0.4, -0.2) is 17.7 Å². The van der Waals surface area contributed by atoms with E-state index in [2.05, 4.69) is 10.5 Å². The van der Waals surface area contributed by atoms with Crippen LogP contribution in [-0.2, 0) is 20.9 Å². The lowest BCUT2D eigenvalue weighted by Gasteiger charge is -2.15. The molecule has 0 saturated carbocycles. The van der Waals surface area contributed by atoms with Crippen LogP contribution in [0.15, 0.2) is 77.4 Å². The summed E-state index contributed by atoms with van der Waals surface area (Å²) in [5, 5.41) is 7.32. The summed E-state index contributed by atoms with van der Waals surface area (Å²) in [7, 11) is 0. The Hall–Kier alpha value is -4.13. The monoisotopic (exact) mass is 416 g/mol. The summed E-state index contributed by atoms with van der Waals surface area (Å²) in [6, 6.07) is 20.7. The molecule has 0 fully saturated rings. The van der Waals surface area contributed by atoms with E-state index in [-0.39, 0.29) is 6.61 Å². The first-order valence-electron chi connectivity index (χ1n) is 9.69. The number of hydrogen-bond acceptors (Lipinski definition) is 6. The van der Waals surface area contributed by atoms with E-state index >= 15 is 0 Å². The van der Waals surface area contributed by atoms with Crippen LogP contribution >= 0.6 is 0 Å². The normalized spacial score (nSPS) is 11.6. The molecule has 0 aliphatic rings. The van der Waals surface area contributed by atoms with E-state index in [9.17, 15) is 9.59 Å². The van der Waals surface area contributed by atoms with E-state index < -0.39 is 12.2 Å². The van der Waals surface area contributed by atoms with E-state index in [1.807, 2.05) is 73.7 Å². The zero-order valence-corrected chi connectivity index (χ0v) is 16.8. The SMILES string of the molecule is CC(OC(=O)Nc1cc(-c2ccc(COC=O)cc2)cc2oncc12)c1ccccc1. The van der Waals surface area contributed by atoms with Crippen molar-refractivity contribution < 1.29 is 23.6 Å². The average Bonchev–Trinajstić information content (AvgIpc) is 3.27. The van der Waals surface area contributed by atoms with Gasteiger partial charge < -0.3 is 14.0 Å². The number of ether oxygens (including phenoxy) is 2. The Labute approximate surface area is 178 Å². The van der Waals surface area contributed by atoms with Gasteiger partial charge in [-0.2, -0.15) is 0 Å². The highest BCUT2D eigenvalue weighted by atomic mass is 16.6. The lowest BCUT2D eigenvalue weighted by atomic mass is 10.0. The minimum absolute atomic E-state index is 0.211. The molecule has 0 aliphatic heterocycles. The predicted molar refractivity (Wildman–Crippen MR) is 115 cm³/mol. The van der Waals surface area contributed by atoms with Crippen LogP contribution in [0.25, 0.3) is 22.1 Å². The Bertz CT molecular complexity index is 1190. The number of hydrogen-bond donors (Lipinski definition) is 1. The van der Waals surface area contributed by atoms with Crippen molar-refractivity contribution in [1.29, 1.82) is 0 Å². The Morgan fingerprint density at radius 2 is 1.87 bits per heavy atom. The molecule has 1 heterocycles. The Morgan fingerprint density at radius 3 is 2.61 bits per heavy atom. The van der Waals surface area contributed by atoms with Crippen molar-refractivity contribution in [2.45, 2.75) is 19.6 Å². The molecule has 31 heavy (non-hydrogen) atoms. The lowest BCUT2D eigenvalue weighted by molar-refractivity contribution is -0.129. The maximum absolute atomic E-state index is 12.5. The van der Waals surface area contributed by atoms with Gasteiger partial charge >= 0.3 is 6.09 Å². The molecule has 4 rings (SSSR count). The maximum atomic E-state index is 12.5. The van der Waals surface area contributed by atoms with Gasteiger partial charge in [0.05, 0.1) is 17.3 Å². The molecule has 1 unspecified atom stereocenters. The molecule has 0 saturated heterocycles. The first-order chi connectivity index (χ1) is 15.1. The van der Waals surface area contributed by atoms with Crippen LogP contribution in [0.5, 0.6) is 0 Å². The fourth-order valence-corrected chi connectivity index (χ4v) is 3.26. The van der Waals surface area contributed by atoms with Gasteiger partial charge in [0.1, 0.15) is 12.7 Å². The van der Waals surface area contributed by atoms with Gasteiger partial charge in [0, 0.05) is 0 Å². The van der Waals surface area contributed by atoms with E-state index in [0.29, 0.717) is 23.1 Å². The number of nitrogens with one attached hydrogen (secondary N) is 1. The van der Waals surface area contributed by atoms with E-state index in [4.69, 9.17) is 14.0 Å². The minimum Gasteiger partial charge on any atom is -0.463 e. The summed E-state index contributed by atoms with van der Waals surface area (Å²) in [6.07, 6.45) is 0.579. The highest BCUT2D eigenvalue weighted by Crippen LogP contribution is 2.31. The standard InChI is InChI=1S/C24H20N2O5/c1-16(18-5-3-2-4-6-18)30-24(28)26-22-11-20(12-23-21(22)13-25-31-23)19-9-7-17(8-10-19)14-29-15-27/h2-13,15-16H,14H2,1H3,(H,26,28). The molecule has 0 aliphatic carbocycles. The van der Waals surface area contributed by atoms with Crippen molar-refractivity contribution in [3.05, 3.63) is 84.1 Å². The maximum Gasteiger partial charge on any atom is 0.412 e. The Balaban J connectivity index is 1.56. The summed E-state index contributed by atoms with van der Waals surface area (Å²) in [5.41, 5.74) is 4.58. The fourth-order valence-electron chi connectivity index (χ4n) is 3.26. The van der Waals surface area contributed by atoms with Crippen molar-refractivity contribution in [3.8, 4) is 11.1 Å². The highest BCUT2D eigenvalue weighted by molar-refractivity contribution is 6.00. The number of carbonyl (C=O) groups excluding carboxylic acids is 2. The first kappa shape index (κ1) is 20.2. The zero-order chi connectivity index (χ0) is 21.6. The number of amides is 1. The number of carbonyl (C=O) groups is 2. The number of aromatic nitrogens is 1. The van der Waals surface area contributed by atoms with E-state index in [1.54, 1.807) is 6.20 Å². The summed E-state index contributed by atoms with van der Waals surface area (Å²) in [5.74, 6) is 0. The van der Waals surface area contributed by atoms with Gasteiger partial charge in [-0.05, 0) is 41.3 Å². The molecule has 7 heteroatoms. The van der Waals surface area contributed by atoms with E-state index in [0.717, 1.165) is 22.3 Å². The second kappa shape index (κ2) is 9.13. The number of benzene rings is 3. The smallest absolute Gasteiger partial charge is 0.412 e. The first-order valence-corrected chi connectivity index (χ1v) is 9.69. The molecule has 0 spiro atoms. The van der Waals surface area contributed by atoms with Crippen LogP contribution in [0.3, 0.4) is 0 Å². The van der Waals surface area contributed by atoms with Gasteiger partial charge in [0.15, 0.2) is 5.58 Å². The van der Waals surface area contributed by atoms with Gasteiger partial charge in [0.25, 0.3) is 6.47 Å². The summed E-state index contributed by atoms with van der Waals surface area (Å²) >= 11 is 0. The van der Waals surface area contributed by atoms with Crippen molar-refractivity contribution in [2.75, 3.05) is 5.32 Å². The van der Waals surface area contributed by atoms with Gasteiger partial charge in [0.2, 0.25) is 0 Å². The summed E-state index contributed by atoms with van der Waals surface area (Å²) in [6.45, 7) is 2.45. The molecule has 1 atom stereocenters. The molecule has 156 valence electrons. The van der Waals surface area contributed by atoms with Crippen molar-refractivity contribution in [3.63, 3.8) is 0 Å². The second-order valence-electron chi connectivity index (χ2n) is 6.95. The molecule has 1 aromatic heterocycles. The molecule has 0 radical (unpaired) electrons. The van der Waals surface area contributed by atoms with E-state index in [1.165, 1.54) is 0 Å². The second-order valence-corrected chi connectivity index (χ2v) is 6.95. The van der Waals surface area contributed by atoms with Crippen molar-refractivity contribution in [2.24, 2.45) is 0 Å². The van der Waals surface area contributed by atoms with Crippen LogP contribution in [0.2, 0.25) is 0 Å². The largest absolute Gasteiger partial charge is 0.463 e. The number of anilines is 1. The molecule has 3 aromatic carbocycles.